The third-order valence-corrected chi connectivity index (χ3v) is 7.41. The maximum absolute atomic E-state index is 13.5. The Bertz CT molecular complexity index is 1070. The number of carbonyl (C=O) groups excluding carboxylic acids is 1. The number of hydrogen-bond acceptors (Lipinski definition) is 5. The number of ether oxygens (including phenoxy) is 4. The fourth-order valence-electron chi connectivity index (χ4n) is 4.95. The number of hydrogen-bond donors (Lipinski definition) is 0. The zero-order valence-corrected chi connectivity index (χ0v) is 24.0. The Morgan fingerprint density at radius 2 is 1.50 bits per heavy atom. The van der Waals surface area contributed by atoms with Gasteiger partial charge in [0.25, 0.3) is 0 Å². The molecule has 0 spiro atoms. The van der Waals surface area contributed by atoms with E-state index in [4.69, 9.17) is 18.9 Å². The highest BCUT2D eigenvalue weighted by Crippen LogP contribution is 2.59. The minimum absolute atomic E-state index is 0.0934. The van der Waals surface area contributed by atoms with Gasteiger partial charge in [-0.1, -0.05) is 73.1 Å². The Kier molecular flexibility index (Phi) is 7.86. The molecule has 0 aromatic heterocycles. The van der Waals surface area contributed by atoms with E-state index in [2.05, 4.69) is 74.4 Å². The number of esters is 1. The molecule has 0 radical (unpaired) electrons. The van der Waals surface area contributed by atoms with Crippen molar-refractivity contribution in [3.05, 3.63) is 52.6 Å². The lowest BCUT2D eigenvalue weighted by molar-refractivity contribution is -0.137. The normalized spacial score (nSPS) is 19.1. The molecule has 2 aromatic rings. The lowest BCUT2D eigenvalue weighted by atomic mass is 9.78. The number of benzene rings is 2. The van der Waals surface area contributed by atoms with Crippen molar-refractivity contribution in [2.45, 2.75) is 79.8 Å². The Labute approximate surface area is 217 Å². The summed E-state index contributed by atoms with van der Waals surface area (Å²) in [7, 11) is 3.27. The summed E-state index contributed by atoms with van der Waals surface area (Å²) < 4.78 is 23.1. The van der Waals surface area contributed by atoms with E-state index >= 15 is 0 Å². The van der Waals surface area contributed by atoms with Gasteiger partial charge in [0.1, 0.15) is 17.2 Å². The predicted octanol–water partition coefficient (Wildman–Crippen LogP) is 7.00. The zero-order valence-electron chi connectivity index (χ0n) is 24.0. The quantitative estimate of drug-likeness (QED) is 0.291. The molecule has 0 amide bonds. The van der Waals surface area contributed by atoms with Crippen LogP contribution < -0.4 is 14.2 Å². The van der Waals surface area contributed by atoms with Gasteiger partial charge in [-0.15, -0.1) is 0 Å². The highest BCUT2D eigenvalue weighted by Gasteiger charge is 2.63. The van der Waals surface area contributed by atoms with Crippen LogP contribution in [0.5, 0.6) is 17.2 Å². The number of rotatable bonds is 8. The van der Waals surface area contributed by atoms with Gasteiger partial charge in [0.15, 0.2) is 0 Å². The molecule has 1 aliphatic carbocycles. The summed E-state index contributed by atoms with van der Waals surface area (Å²) in [5.41, 5.74) is 3.77. The van der Waals surface area contributed by atoms with Crippen molar-refractivity contribution in [2.24, 2.45) is 17.3 Å². The SMILES string of the molecule is COc1ccc(COCC2C(C(=O)Oc3c(C(C)(C)C)cc(C)cc3C(C)(C)C)C2(C)C)c(OC)c1. The largest absolute Gasteiger partial charge is 0.497 e. The summed E-state index contributed by atoms with van der Waals surface area (Å²) in [6, 6.07) is 9.99. The van der Waals surface area contributed by atoms with Gasteiger partial charge in [0.2, 0.25) is 0 Å². The summed E-state index contributed by atoms with van der Waals surface area (Å²) in [6.07, 6.45) is 0. The molecule has 0 N–H and O–H groups in total. The van der Waals surface area contributed by atoms with Crippen LogP contribution in [-0.4, -0.2) is 26.8 Å². The van der Waals surface area contributed by atoms with E-state index < -0.39 is 0 Å². The first kappa shape index (κ1) is 28.0. The van der Waals surface area contributed by atoms with E-state index in [9.17, 15) is 4.79 Å². The first-order valence-corrected chi connectivity index (χ1v) is 12.8. The van der Waals surface area contributed by atoms with E-state index in [1.807, 2.05) is 18.2 Å². The topological polar surface area (TPSA) is 54.0 Å². The molecule has 198 valence electrons. The van der Waals surface area contributed by atoms with Gasteiger partial charge in [0, 0.05) is 28.7 Å². The number of methoxy groups -OCH3 is 2. The van der Waals surface area contributed by atoms with Crippen LogP contribution in [-0.2, 0) is 27.0 Å². The predicted molar refractivity (Wildman–Crippen MR) is 144 cm³/mol. The zero-order chi connectivity index (χ0) is 27.1. The van der Waals surface area contributed by atoms with Crippen LogP contribution in [0.4, 0.5) is 0 Å². The van der Waals surface area contributed by atoms with Crippen molar-refractivity contribution >= 4 is 5.97 Å². The lowest BCUT2D eigenvalue weighted by Gasteiger charge is -2.30. The van der Waals surface area contributed by atoms with Gasteiger partial charge in [0.05, 0.1) is 33.4 Å². The molecule has 2 unspecified atom stereocenters. The molecule has 0 heterocycles. The average Bonchev–Trinajstić information content (AvgIpc) is 3.33. The second kappa shape index (κ2) is 10.1. The van der Waals surface area contributed by atoms with Gasteiger partial charge in [-0.25, -0.2) is 0 Å². The van der Waals surface area contributed by atoms with Crippen molar-refractivity contribution in [3.63, 3.8) is 0 Å². The van der Waals surface area contributed by atoms with Crippen LogP contribution in [0.1, 0.15) is 77.6 Å². The average molecular weight is 497 g/mol. The molecule has 1 aliphatic rings. The number of aryl methyl sites for hydroxylation is 1. The molecule has 5 heteroatoms. The van der Waals surface area contributed by atoms with Crippen LogP contribution in [0.3, 0.4) is 0 Å². The third-order valence-electron chi connectivity index (χ3n) is 7.41. The van der Waals surface area contributed by atoms with Crippen LogP contribution in [0, 0.1) is 24.2 Å². The highest BCUT2D eigenvalue weighted by atomic mass is 16.5. The second-order valence-corrected chi connectivity index (χ2v) is 12.7. The Morgan fingerprint density at radius 1 is 0.917 bits per heavy atom. The molecule has 36 heavy (non-hydrogen) atoms. The van der Waals surface area contributed by atoms with E-state index in [0.717, 1.165) is 33.9 Å². The molecular weight excluding hydrogens is 452 g/mol. The summed E-state index contributed by atoms with van der Waals surface area (Å²) >= 11 is 0. The molecule has 3 rings (SSSR count). The molecule has 2 atom stereocenters. The molecular formula is C31H44O5. The van der Waals surface area contributed by atoms with Gasteiger partial charge in [-0.3, -0.25) is 4.79 Å². The van der Waals surface area contributed by atoms with Crippen molar-refractivity contribution in [1.82, 2.24) is 0 Å². The maximum Gasteiger partial charge on any atom is 0.315 e. The smallest absolute Gasteiger partial charge is 0.315 e. The third kappa shape index (κ3) is 5.88. The fourth-order valence-corrected chi connectivity index (χ4v) is 4.95. The minimum Gasteiger partial charge on any atom is -0.497 e. The summed E-state index contributed by atoms with van der Waals surface area (Å²) in [5, 5.41) is 0. The molecule has 1 saturated carbocycles. The molecule has 0 saturated heterocycles. The summed E-state index contributed by atoms with van der Waals surface area (Å²) in [4.78, 5) is 13.5. The monoisotopic (exact) mass is 496 g/mol. The fraction of sp³-hybridized carbons (Fsp3) is 0.581. The number of carbonyl (C=O) groups is 1. The van der Waals surface area contributed by atoms with E-state index in [-0.39, 0.29) is 34.1 Å². The molecule has 5 nitrogen and oxygen atoms in total. The Hall–Kier alpha value is -2.53. The van der Waals surface area contributed by atoms with Crippen LogP contribution in [0.25, 0.3) is 0 Å². The van der Waals surface area contributed by atoms with Gasteiger partial charge in [-0.05, 0) is 35.3 Å². The molecule has 1 fully saturated rings. The summed E-state index contributed by atoms with van der Waals surface area (Å²) in [5.74, 6) is 1.89. The minimum atomic E-state index is -0.211. The van der Waals surface area contributed by atoms with Gasteiger partial charge in [-0.2, -0.15) is 0 Å². The van der Waals surface area contributed by atoms with E-state index in [1.54, 1.807) is 14.2 Å². The Balaban J connectivity index is 1.76. The van der Waals surface area contributed by atoms with E-state index in [1.165, 1.54) is 5.56 Å². The molecule has 0 aliphatic heterocycles. The van der Waals surface area contributed by atoms with Gasteiger partial charge < -0.3 is 18.9 Å². The maximum atomic E-state index is 13.5. The standard InChI is InChI=1S/C31H44O5/c1-19-14-22(29(2,3)4)27(23(15-19)30(5,6)7)36-28(32)26-24(31(26,8)9)18-35-17-20-12-13-21(33-10)16-25(20)34-11/h12-16,24,26H,17-18H2,1-11H3. The van der Waals surface area contributed by atoms with Crippen molar-refractivity contribution in [3.8, 4) is 17.2 Å². The Morgan fingerprint density at radius 3 is 2.00 bits per heavy atom. The van der Waals surface area contributed by atoms with Crippen molar-refractivity contribution in [1.29, 1.82) is 0 Å². The van der Waals surface area contributed by atoms with Crippen molar-refractivity contribution in [2.75, 3.05) is 20.8 Å². The first-order chi connectivity index (χ1) is 16.6. The highest BCUT2D eigenvalue weighted by molar-refractivity contribution is 5.81. The second-order valence-electron chi connectivity index (χ2n) is 12.7. The van der Waals surface area contributed by atoms with Crippen LogP contribution in [0.2, 0.25) is 0 Å². The van der Waals surface area contributed by atoms with Gasteiger partial charge >= 0.3 is 5.97 Å². The summed E-state index contributed by atoms with van der Waals surface area (Å²) in [6.45, 7) is 20.2. The molecule has 2 aromatic carbocycles. The lowest BCUT2D eigenvalue weighted by Crippen LogP contribution is -2.23. The van der Waals surface area contributed by atoms with E-state index in [0.29, 0.717) is 13.2 Å². The van der Waals surface area contributed by atoms with Crippen LogP contribution >= 0.6 is 0 Å². The van der Waals surface area contributed by atoms with Crippen LogP contribution in [0.15, 0.2) is 30.3 Å². The van der Waals surface area contributed by atoms with Crippen molar-refractivity contribution < 1.29 is 23.7 Å². The molecule has 0 bridgehead atoms. The first-order valence-electron chi connectivity index (χ1n) is 12.8.